The van der Waals surface area contributed by atoms with Crippen LogP contribution >= 0.6 is 11.3 Å². The van der Waals surface area contributed by atoms with Gasteiger partial charge in [-0.3, -0.25) is 9.58 Å². The summed E-state index contributed by atoms with van der Waals surface area (Å²) in [4.78, 5) is 14.9. The Morgan fingerprint density at radius 3 is 2.79 bits per heavy atom. The maximum absolute atomic E-state index is 5.49. The van der Waals surface area contributed by atoms with Crippen molar-refractivity contribution < 1.29 is 4.74 Å². The Bertz CT molecular complexity index is 1000. The predicted molar refractivity (Wildman–Crippen MR) is 116 cm³/mol. The zero-order chi connectivity index (χ0) is 19.8. The molecule has 0 spiro atoms. The molecule has 1 fully saturated rings. The fraction of sp³-hybridized carbons (Fsp3) is 0.571. The van der Waals surface area contributed by atoms with E-state index in [1.54, 1.807) is 0 Å². The van der Waals surface area contributed by atoms with Gasteiger partial charge in [-0.1, -0.05) is 0 Å². The van der Waals surface area contributed by atoms with Crippen LogP contribution in [0.2, 0.25) is 0 Å². The number of ether oxygens (including phenoxy) is 1. The minimum atomic E-state index is 0.335. The van der Waals surface area contributed by atoms with Crippen LogP contribution in [0.1, 0.15) is 49.0 Å². The first-order chi connectivity index (χ1) is 14.2. The second kappa shape index (κ2) is 8.01. The van der Waals surface area contributed by atoms with Crippen LogP contribution in [0.5, 0.6) is 0 Å². The maximum atomic E-state index is 5.49. The third kappa shape index (κ3) is 3.89. The molecule has 1 aliphatic carbocycles. The average molecular weight is 413 g/mol. The SMILES string of the molecule is CC(C)n1cc(Nc2nc(CN3CCOCC3)nc3sc4c(c23)CCCC4)cn1. The Balaban J connectivity index is 1.53. The van der Waals surface area contributed by atoms with Crippen LogP contribution in [-0.4, -0.2) is 51.0 Å². The molecule has 4 heterocycles. The van der Waals surface area contributed by atoms with E-state index in [-0.39, 0.29) is 0 Å². The van der Waals surface area contributed by atoms with Crippen molar-refractivity contribution in [3.05, 3.63) is 28.7 Å². The van der Waals surface area contributed by atoms with E-state index in [2.05, 4.69) is 35.4 Å². The first-order valence-electron chi connectivity index (χ1n) is 10.6. The molecule has 1 aliphatic heterocycles. The highest BCUT2D eigenvalue weighted by Gasteiger charge is 2.22. The summed E-state index contributed by atoms with van der Waals surface area (Å²) in [5.41, 5.74) is 2.43. The number of hydrogen-bond donors (Lipinski definition) is 1. The van der Waals surface area contributed by atoms with Crippen molar-refractivity contribution in [1.29, 1.82) is 0 Å². The lowest BCUT2D eigenvalue weighted by atomic mass is 9.97. The van der Waals surface area contributed by atoms with Gasteiger partial charge in [0.25, 0.3) is 0 Å². The minimum absolute atomic E-state index is 0.335. The van der Waals surface area contributed by atoms with Crippen LogP contribution in [0, 0.1) is 0 Å². The molecule has 0 aromatic carbocycles. The number of rotatable bonds is 5. The van der Waals surface area contributed by atoms with Crippen LogP contribution in [0.4, 0.5) is 11.5 Å². The number of morpholine rings is 1. The van der Waals surface area contributed by atoms with Gasteiger partial charge in [0.15, 0.2) is 0 Å². The van der Waals surface area contributed by atoms with Gasteiger partial charge in [-0.25, -0.2) is 9.97 Å². The Labute approximate surface area is 175 Å². The number of thiophene rings is 1. The van der Waals surface area contributed by atoms with Crippen molar-refractivity contribution in [1.82, 2.24) is 24.6 Å². The number of nitrogens with one attached hydrogen (secondary N) is 1. The van der Waals surface area contributed by atoms with Gasteiger partial charge in [-0.15, -0.1) is 11.3 Å². The molecule has 154 valence electrons. The molecule has 0 radical (unpaired) electrons. The van der Waals surface area contributed by atoms with Crippen molar-refractivity contribution in [3.8, 4) is 0 Å². The monoisotopic (exact) mass is 412 g/mol. The average Bonchev–Trinajstić information content (AvgIpc) is 3.33. The first kappa shape index (κ1) is 19.0. The lowest BCUT2D eigenvalue weighted by Gasteiger charge is -2.25. The van der Waals surface area contributed by atoms with Gasteiger partial charge >= 0.3 is 0 Å². The predicted octanol–water partition coefficient (Wildman–Crippen LogP) is 3.92. The van der Waals surface area contributed by atoms with Crippen LogP contribution < -0.4 is 5.32 Å². The molecule has 1 saturated heterocycles. The molecular weight excluding hydrogens is 384 g/mol. The number of fused-ring (bicyclic) bond motifs is 3. The fourth-order valence-electron chi connectivity index (χ4n) is 4.14. The molecule has 29 heavy (non-hydrogen) atoms. The van der Waals surface area contributed by atoms with Crippen molar-refractivity contribution in [2.24, 2.45) is 0 Å². The van der Waals surface area contributed by atoms with Gasteiger partial charge in [0.2, 0.25) is 0 Å². The maximum Gasteiger partial charge on any atom is 0.146 e. The molecule has 8 heteroatoms. The third-order valence-electron chi connectivity index (χ3n) is 5.72. The standard InChI is InChI=1S/C21H28N6OS/c1-14(2)27-12-15(11-22-27)23-20-19-16-5-3-4-6-17(16)29-21(19)25-18(24-20)13-26-7-9-28-10-8-26/h11-12,14H,3-10,13H2,1-2H3,(H,23,24,25). The van der Waals surface area contributed by atoms with Gasteiger partial charge in [0.1, 0.15) is 16.5 Å². The van der Waals surface area contributed by atoms with E-state index in [0.29, 0.717) is 6.04 Å². The van der Waals surface area contributed by atoms with Gasteiger partial charge in [-0.05, 0) is 45.1 Å². The zero-order valence-corrected chi connectivity index (χ0v) is 18.0. The van der Waals surface area contributed by atoms with E-state index in [0.717, 1.165) is 61.4 Å². The molecule has 5 rings (SSSR count). The molecule has 0 saturated carbocycles. The third-order valence-corrected chi connectivity index (χ3v) is 6.91. The summed E-state index contributed by atoms with van der Waals surface area (Å²) in [7, 11) is 0. The van der Waals surface area contributed by atoms with Crippen molar-refractivity contribution in [2.75, 3.05) is 31.6 Å². The highest BCUT2D eigenvalue weighted by Crippen LogP contribution is 2.39. The van der Waals surface area contributed by atoms with E-state index in [1.807, 2.05) is 22.2 Å². The Morgan fingerprint density at radius 2 is 2.00 bits per heavy atom. The Kier molecular flexibility index (Phi) is 5.24. The molecule has 0 bridgehead atoms. The number of aromatic nitrogens is 4. The van der Waals surface area contributed by atoms with E-state index < -0.39 is 0 Å². The molecular formula is C21H28N6OS. The van der Waals surface area contributed by atoms with Gasteiger partial charge < -0.3 is 10.1 Å². The fourth-order valence-corrected chi connectivity index (χ4v) is 5.42. The largest absolute Gasteiger partial charge is 0.379 e. The highest BCUT2D eigenvalue weighted by atomic mass is 32.1. The summed E-state index contributed by atoms with van der Waals surface area (Å²) in [5.74, 6) is 1.82. The first-order valence-corrected chi connectivity index (χ1v) is 11.4. The van der Waals surface area contributed by atoms with Gasteiger partial charge in [-0.2, -0.15) is 5.10 Å². The molecule has 1 N–H and O–H groups in total. The lowest BCUT2D eigenvalue weighted by molar-refractivity contribution is 0.0331. The molecule has 0 amide bonds. The second-order valence-corrected chi connectivity index (χ2v) is 9.28. The normalized spacial score (nSPS) is 17.8. The van der Waals surface area contributed by atoms with Gasteiger partial charge in [0.05, 0.1) is 37.0 Å². The number of aryl methyl sites for hydroxylation is 2. The second-order valence-electron chi connectivity index (χ2n) is 8.20. The summed E-state index contributed by atoms with van der Waals surface area (Å²) >= 11 is 1.86. The highest BCUT2D eigenvalue weighted by molar-refractivity contribution is 7.19. The quantitative estimate of drug-likeness (QED) is 0.685. The minimum Gasteiger partial charge on any atom is -0.379 e. The van der Waals surface area contributed by atoms with Crippen LogP contribution in [-0.2, 0) is 24.1 Å². The summed E-state index contributed by atoms with van der Waals surface area (Å²) in [5, 5.41) is 9.25. The lowest BCUT2D eigenvalue weighted by Crippen LogP contribution is -2.36. The summed E-state index contributed by atoms with van der Waals surface area (Å²) in [6.45, 7) is 8.48. The molecule has 7 nitrogen and oxygen atoms in total. The Morgan fingerprint density at radius 1 is 1.17 bits per heavy atom. The van der Waals surface area contributed by atoms with Crippen LogP contribution in [0.15, 0.2) is 12.4 Å². The Hall–Kier alpha value is -2.03. The van der Waals surface area contributed by atoms with Gasteiger partial charge in [0, 0.05) is 30.2 Å². The van der Waals surface area contributed by atoms with Crippen molar-refractivity contribution in [2.45, 2.75) is 52.1 Å². The topological polar surface area (TPSA) is 68.1 Å². The number of nitrogens with zero attached hydrogens (tertiary/aromatic N) is 5. The van der Waals surface area contributed by atoms with E-state index >= 15 is 0 Å². The molecule has 2 aliphatic rings. The van der Waals surface area contributed by atoms with E-state index in [4.69, 9.17) is 14.7 Å². The smallest absolute Gasteiger partial charge is 0.146 e. The zero-order valence-electron chi connectivity index (χ0n) is 17.1. The number of anilines is 2. The van der Waals surface area contributed by atoms with Crippen LogP contribution in [0.25, 0.3) is 10.2 Å². The summed E-state index contributed by atoms with van der Waals surface area (Å²) < 4.78 is 7.46. The van der Waals surface area contributed by atoms with E-state index in [1.165, 1.54) is 35.1 Å². The molecule has 3 aromatic heterocycles. The number of hydrogen-bond acceptors (Lipinski definition) is 7. The molecule has 0 unspecified atom stereocenters. The molecule has 0 atom stereocenters. The molecule has 3 aromatic rings. The van der Waals surface area contributed by atoms with E-state index in [9.17, 15) is 0 Å². The summed E-state index contributed by atoms with van der Waals surface area (Å²) in [6, 6.07) is 0.335. The van der Waals surface area contributed by atoms with Crippen molar-refractivity contribution in [3.63, 3.8) is 0 Å². The van der Waals surface area contributed by atoms with Crippen molar-refractivity contribution >= 4 is 33.1 Å². The van der Waals surface area contributed by atoms with Crippen LogP contribution in [0.3, 0.4) is 0 Å². The summed E-state index contributed by atoms with van der Waals surface area (Å²) in [6.07, 6.45) is 8.76.